The minimum Gasteiger partial charge on any atom is -0.464 e. The van der Waals surface area contributed by atoms with Gasteiger partial charge in [0.1, 0.15) is 11.3 Å². The van der Waals surface area contributed by atoms with Gasteiger partial charge in [0.2, 0.25) is 5.88 Å². The number of halogens is 6. The van der Waals surface area contributed by atoms with Crippen LogP contribution in [0.3, 0.4) is 0 Å². The van der Waals surface area contributed by atoms with Crippen molar-refractivity contribution in [2.75, 3.05) is 0 Å². The molecule has 0 saturated carbocycles. The van der Waals surface area contributed by atoms with Crippen molar-refractivity contribution < 1.29 is 35.9 Å². The molecular formula is C10H8F6N2O2. The molecule has 0 spiro atoms. The van der Waals surface area contributed by atoms with E-state index in [2.05, 4.69) is 9.72 Å². The summed E-state index contributed by atoms with van der Waals surface area (Å²) in [4.78, 5) is 13.8. The Morgan fingerprint density at radius 1 is 1.25 bits per heavy atom. The fourth-order valence-corrected chi connectivity index (χ4v) is 1.11. The fourth-order valence-electron chi connectivity index (χ4n) is 1.11. The monoisotopic (exact) mass is 302 g/mol. The zero-order valence-corrected chi connectivity index (χ0v) is 9.84. The Bertz CT molecular complexity index is 511. The molecular weight excluding hydrogens is 294 g/mol. The van der Waals surface area contributed by atoms with Crippen LogP contribution in [0, 0.1) is 0 Å². The first kappa shape index (κ1) is 16.1. The maximum absolute atomic E-state index is 12.4. The Kier molecular flexibility index (Phi) is 4.15. The molecule has 1 aromatic heterocycles. The molecule has 0 aromatic carbocycles. The summed E-state index contributed by atoms with van der Waals surface area (Å²) in [5.41, 5.74) is 2.67. The van der Waals surface area contributed by atoms with Gasteiger partial charge in [-0.15, -0.1) is 0 Å². The van der Waals surface area contributed by atoms with E-state index >= 15 is 0 Å². The summed E-state index contributed by atoms with van der Waals surface area (Å²) in [7, 11) is 0. The zero-order chi connectivity index (χ0) is 15.7. The summed E-state index contributed by atoms with van der Waals surface area (Å²) in [5.74, 6) is -2.37. The van der Waals surface area contributed by atoms with E-state index in [-0.39, 0.29) is 0 Å². The first-order chi connectivity index (χ1) is 8.93. The maximum Gasteiger partial charge on any atom is 0.433 e. The van der Waals surface area contributed by atoms with Crippen molar-refractivity contribution in [1.29, 1.82) is 0 Å². The first-order valence-corrected chi connectivity index (χ1v) is 5.04. The van der Waals surface area contributed by atoms with Gasteiger partial charge in [0.15, 0.2) is 6.10 Å². The summed E-state index contributed by atoms with van der Waals surface area (Å²) >= 11 is 0. The number of hydrogen-bond acceptors (Lipinski definition) is 3. The quantitative estimate of drug-likeness (QED) is 0.873. The first-order valence-electron chi connectivity index (χ1n) is 5.04. The highest BCUT2D eigenvalue weighted by Crippen LogP contribution is 2.31. The molecule has 0 radical (unpaired) electrons. The Morgan fingerprint density at radius 3 is 2.20 bits per heavy atom. The van der Waals surface area contributed by atoms with Gasteiger partial charge in [0.25, 0.3) is 5.91 Å². The molecule has 0 aliphatic rings. The van der Waals surface area contributed by atoms with Crippen LogP contribution in [0.5, 0.6) is 5.88 Å². The van der Waals surface area contributed by atoms with Gasteiger partial charge in [-0.25, -0.2) is 4.98 Å². The summed E-state index contributed by atoms with van der Waals surface area (Å²) in [6, 6.07) is 1.03. The van der Waals surface area contributed by atoms with Gasteiger partial charge in [-0.2, -0.15) is 26.3 Å². The third-order valence-electron chi connectivity index (χ3n) is 2.17. The number of carbonyl (C=O) groups excluding carboxylic acids is 1. The highest BCUT2D eigenvalue weighted by molar-refractivity contribution is 5.95. The summed E-state index contributed by atoms with van der Waals surface area (Å²) < 4.78 is 78.4. The van der Waals surface area contributed by atoms with E-state index < -0.39 is 41.5 Å². The van der Waals surface area contributed by atoms with Crippen LogP contribution in [-0.4, -0.2) is 23.2 Å². The van der Waals surface area contributed by atoms with Crippen molar-refractivity contribution >= 4 is 5.91 Å². The normalized spacial score (nSPS) is 13.9. The number of alkyl halides is 6. The molecule has 1 unspecified atom stereocenters. The minimum atomic E-state index is -4.89. The zero-order valence-electron chi connectivity index (χ0n) is 9.84. The van der Waals surface area contributed by atoms with Crippen LogP contribution in [0.2, 0.25) is 0 Å². The van der Waals surface area contributed by atoms with E-state index in [1.54, 1.807) is 0 Å². The fraction of sp³-hybridized carbons (Fsp3) is 0.400. The van der Waals surface area contributed by atoms with Crippen LogP contribution in [0.1, 0.15) is 23.0 Å². The lowest BCUT2D eigenvalue weighted by Gasteiger charge is -2.19. The number of aromatic nitrogens is 1. The number of ether oxygens (including phenoxy) is 1. The SMILES string of the molecule is CC(Oc1nc(C(F)(F)F)ccc1C(N)=O)C(F)(F)F. The molecule has 1 rings (SSSR count). The number of carbonyl (C=O) groups is 1. The molecule has 0 fully saturated rings. The van der Waals surface area contributed by atoms with Crippen molar-refractivity contribution in [1.82, 2.24) is 4.98 Å². The minimum absolute atomic E-state index is 0.422. The summed E-state index contributed by atoms with van der Waals surface area (Å²) in [6.45, 7) is 0.562. The van der Waals surface area contributed by atoms with Gasteiger partial charge in [0, 0.05) is 0 Å². The number of nitrogens with zero attached hydrogens (tertiary/aromatic N) is 1. The summed E-state index contributed by atoms with van der Waals surface area (Å²) in [6.07, 6.45) is -12.2. The van der Waals surface area contributed by atoms with Crippen LogP contribution in [0.15, 0.2) is 12.1 Å². The van der Waals surface area contributed by atoms with Gasteiger partial charge in [0.05, 0.1) is 0 Å². The standard InChI is InChI=1S/C10H8F6N2O2/c1-4(9(11,12)13)20-8-5(7(17)19)2-3-6(18-8)10(14,15)16/h2-4H,1H3,(H2,17,19). The lowest BCUT2D eigenvalue weighted by molar-refractivity contribution is -0.190. The Balaban J connectivity index is 3.23. The van der Waals surface area contributed by atoms with Gasteiger partial charge in [-0.3, -0.25) is 4.79 Å². The number of rotatable bonds is 3. The third-order valence-corrected chi connectivity index (χ3v) is 2.17. The average Bonchev–Trinajstić information content (AvgIpc) is 2.25. The Labute approximate surface area is 108 Å². The molecule has 10 heteroatoms. The largest absolute Gasteiger partial charge is 0.464 e. The molecule has 4 nitrogen and oxygen atoms in total. The predicted octanol–water partition coefficient (Wildman–Crippen LogP) is 2.53. The van der Waals surface area contributed by atoms with E-state index in [0.29, 0.717) is 19.1 Å². The molecule has 1 atom stereocenters. The van der Waals surface area contributed by atoms with E-state index in [0.717, 1.165) is 0 Å². The third kappa shape index (κ3) is 3.75. The average molecular weight is 302 g/mol. The van der Waals surface area contributed by atoms with Crippen molar-refractivity contribution in [2.45, 2.75) is 25.4 Å². The second-order valence-electron chi connectivity index (χ2n) is 3.71. The lowest BCUT2D eigenvalue weighted by Crippen LogP contribution is -2.32. The van der Waals surface area contributed by atoms with Crippen molar-refractivity contribution in [3.8, 4) is 5.88 Å². The number of nitrogens with two attached hydrogens (primary N) is 1. The number of hydrogen-bond donors (Lipinski definition) is 1. The summed E-state index contributed by atoms with van der Waals surface area (Å²) in [5, 5.41) is 0. The van der Waals surface area contributed by atoms with Crippen LogP contribution in [0.4, 0.5) is 26.3 Å². The van der Waals surface area contributed by atoms with Gasteiger partial charge >= 0.3 is 12.4 Å². The van der Waals surface area contributed by atoms with E-state index in [1.165, 1.54) is 0 Å². The van der Waals surface area contributed by atoms with Gasteiger partial charge in [-0.1, -0.05) is 0 Å². The van der Waals surface area contributed by atoms with Gasteiger partial charge in [-0.05, 0) is 19.1 Å². The van der Waals surface area contributed by atoms with Crippen LogP contribution in [-0.2, 0) is 6.18 Å². The molecule has 1 amide bonds. The van der Waals surface area contributed by atoms with Crippen molar-refractivity contribution in [3.05, 3.63) is 23.4 Å². The van der Waals surface area contributed by atoms with E-state index in [9.17, 15) is 31.1 Å². The highest BCUT2D eigenvalue weighted by Gasteiger charge is 2.40. The smallest absolute Gasteiger partial charge is 0.433 e. The van der Waals surface area contributed by atoms with Gasteiger partial charge < -0.3 is 10.5 Å². The van der Waals surface area contributed by atoms with Crippen LogP contribution >= 0.6 is 0 Å². The van der Waals surface area contributed by atoms with E-state index in [4.69, 9.17) is 5.73 Å². The predicted molar refractivity (Wildman–Crippen MR) is 53.9 cm³/mol. The molecule has 20 heavy (non-hydrogen) atoms. The second-order valence-corrected chi connectivity index (χ2v) is 3.71. The molecule has 0 aliphatic carbocycles. The maximum atomic E-state index is 12.4. The second kappa shape index (κ2) is 5.17. The van der Waals surface area contributed by atoms with Crippen LogP contribution in [0.25, 0.3) is 0 Å². The number of pyridine rings is 1. The molecule has 0 bridgehead atoms. The highest BCUT2D eigenvalue weighted by atomic mass is 19.4. The lowest BCUT2D eigenvalue weighted by atomic mass is 10.2. The molecule has 1 aromatic rings. The van der Waals surface area contributed by atoms with E-state index in [1.807, 2.05) is 0 Å². The van der Waals surface area contributed by atoms with Crippen molar-refractivity contribution in [2.24, 2.45) is 5.73 Å². The molecule has 1 heterocycles. The Hall–Kier alpha value is -2.00. The molecule has 112 valence electrons. The molecule has 0 saturated heterocycles. The number of amides is 1. The van der Waals surface area contributed by atoms with Crippen molar-refractivity contribution in [3.63, 3.8) is 0 Å². The number of primary amides is 1. The topological polar surface area (TPSA) is 65.2 Å². The Morgan fingerprint density at radius 2 is 1.80 bits per heavy atom. The molecule has 2 N–H and O–H groups in total. The van der Waals surface area contributed by atoms with Crippen LogP contribution < -0.4 is 10.5 Å². The molecule has 0 aliphatic heterocycles.